The van der Waals surface area contributed by atoms with Crippen LogP contribution >= 0.6 is 11.6 Å². The molecule has 0 bridgehead atoms. The Morgan fingerprint density at radius 2 is 1.71 bits per heavy atom. The van der Waals surface area contributed by atoms with E-state index in [0.717, 1.165) is 5.56 Å². The largest absolute Gasteiger partial charge is 0.486 e. The number of Topliss-reactive ketones (excluding diaryl/α,β-unsaturated/α-hetero) is 1. The van der Waals surface area contributed by atoms with Gasteiger partial charge in [-0.05, 0) is 35.9 Å². The fraction of sp³-hybridized carbons (Fsp3) is 0.222. The molecular formula is C18H15ClO5. The van der Waals surface area contributed by atoms with Crippen molar-refractivity contribution in [1.82, 2.24) is 0 Å². The van der Waals surface area contributed by atoms with Crippen LogP contribution in [0.2, 0.25) is 5.02 Å². The molecule has 2 aromatic rings. The molecule has 0 unspecified atom stereocenters. The number of fused-ring (bicyclic) bond motifs is 1. The molecule has 1 heterocycles. The molecule has 0 radical (unpaired) electrons. The summed E-state index contributed by atoms with van der Waals surface area (Å²) in [5.74, 6) is 0.372. The van der Waals surface area contributed by atoms with Crippen molar-refractivity contribution in [3.8, 4) is 11.5 Å². The van der Waals surface area contributed by atoms with E-state index in [4.69, 9.17) is 25.8 Å². The first-order chi connectivity index (χ1) is 11.6. The predicted octanol–water partition coefficient (Wildman–Crippen LogP) is 3.08. The van der Waals surface area contributed by atoms with Crippen LogP contribution in [0.15, 0.2) is 42.5 Å². The number of carbonyl (C=O) groups is 2. The zero-order valence-corrected chi connectivity index (χ0v) is 13.5. The Bertz CT molecular complexity index is 755. The summed E-state index contributed by atoms with van der Waals surface area (Å²) in [5.41, 5.74) is 1.19. The third-order valence-electron chi connectivity index (χ3n) is 3.49. The van der Waals surface area contributed by atoms with Gasteiger partial charge in [0.15, 0.2) is 23.9 Å². The van der Waals surface area contributed by atoms with Gasteiger partial charge < -0.3 is 14.2 Å². The van der Waals surface area contributed by atoms with Gasteiger partial charge in [0, 0.05) is 10.6 Å². The summed E-state index contributed by atoms with van der Waals surface area (Å²) < 4.78 is 15.9. The van der Waals surface area contributed by atoms with E-state index in [2.05, 4.69) is 0 Å². The van der Waals surface area contributed by atoms with Crippen molar-refractivity contribution in [2.45, 2.75) is 6.42 Å². The zero-order chi connectivity index (χ0) is 16.9. The van der Waals surface area contributed by atoms with E-state index in [0.29, 0.717) is 35.3 Å². The van der Waals surface area contributed by atoms with Crippen LogP contribution in [0.5, 0.6) is 11.5 Å². The standard InChI is InChI=1S/C18H15ClO5/c19-14-4-1-12(2-5-14)9-18(21)24-11-15(20)13-3-6-16-17(10-13)23-8-7-22-16/h1-6,10H,7-9,11H2. The molecule has 0 fully saturated rings. The van der Waals surface area contributed by atoms with Crippen molar-refractivity contribution in [3.63, 3.8) is 0 Å². The van der Waals surface area contributed by atoms with E-state index in [9.17, 15) is 9.59 Å². The van der Waals surface area contributed by atoms with E-state index in [1.54, 1.807) is 42.5 Å². The molecule has 0 N–H and O–H groups in total. The van der Waals surface area contributed by atoms with Crippen molar-refractivity contribution >= 4 is 23.4 Å². The molecule has 1 aliphatic rings. The van der Waals surface area contributed by atoms with Crippen molar-refractivity contribution < 1.29 is 23.8 Å². The zero-order valence-electron chi connectivity index (χ0n) is 12.8. The maximum Gasteiger partial charge on any atom is 0.310 e. The second-order valence-corrected chi connectivity index (χ2v) is 5.68. The van der Waals surface area contributed by atoms with Gasteiger partial charge in [-0.3, -0.25) is 9.59 Å². The molecule has 0 amide bonds. The highest BCUT2D eigenvalue weighted by Crippen LogP contribution is 2.30. The van der Waals surface area contributed by atoms with Gasteiger partial charge in [-0.1, -0.05) is 23.7 Å². The molecular weight excluding hydrogens is 332 g/mol. The van der Waals surface area contributed by atoms with Gasteiger partial charge in [0.1, 0.15) is 13.2 Å². The maximum absolute atomic E-state index is 12.1. The Balaban J connectivity index is 1.55. The second-order valence-electron chi connectivity index (χ2n) is 5.25. The second kappa shape index (κ2) is 7.36. The van der Waals surface area contributed by atoms with E-state index in [1.807, 2.05) is 0 Å². The summed E-state index contributed by atoms with van der Waals surface area (Å²) in [5, 5.41) is 0.598. The highest BCUT2D eigenvalue weighted by atomic mass is 35.5. The normalized spacial score (nSPS) is 12.5. The monoisotopic (exact) mass is 346 g/mol. The van der Waals surface area contributed by atoms with Crippen LogP contribution in [-0.4, -0.2) is 31.6 Å². The van der Waals surface area contributed by atoms with Crippen LogP contribution in [0.25, 0.3) is 0 Å². The van der Waals surface area contributed by atoms with Crippen LogP contribution in [0.3, 0.4) is 0 Å². The molecule has 0 aliphatic carbocycles. The van der Waals surface area contributed by atoms with Gasteiger partial charge in [0.25, 0.3) is 0 Å². The Hall–Kier alpha value is -2.53. The fourth-order valence-corrected chi connectivity index (χ4v) is 2.39. The van der Waals surface area contributed by atoms with E-state index < -0.39 is 5.97 Å². The number of halogens is 1. The van der Waals surface area contributed by atoms with Crippen molar-refractivity contribution in [2.75, 3.05) is 19.8 Å². The lowest BCUT2D eigenvalue weighted by Crippen LogP contribution is -2.18. The summed E-state index contributed by atoms with van der Waals surface area (Å²) in [4.78, 5) is 24.0. The topological polar surface area (TPSA) is 61.8 Å². The molecule has 6 heteroatoms. The number of ether oxygens (including phenoxy) is 3. The average molecular weight is 347 g/mol. The van der Waals surface area contributed by atoms with Crippen LogP contribution in [0.4, 0.5) is 0 Å². The first-order valence-electron chi connectivity index (χ1n) is 7.45. The quantitative estimate of drug-likeness (QED) is 0.615. The third-order valence-corrected chi connectivity index (χ3v) is 3.74. The van der Waals surface area contributed by atoms with E-state index in [1.165, 1.54) is 0 Å². The molecule has 5 nitrogen and oxygen atoms in total. The summed E-state index contributed by atoms with van der Waals surface area (Å²) in [7, 11) is 0. The van der Waals surface area contributed by atoms with Crippen LogP contribution in [0.1, 0.15) is 15.9 Å². The minimum absolute atomic E-state index is 0.0889. The molecule has 24 heavy (non-hydrogen) atoms. The maximum atomic E-state index is 12.1. The SMILES string of the molecule is O=C(Cc1ccc(Cl)cc1)OCC(=O)c1ccc2c(c1)OCCO2. The lowest BCUT2D eigenvalue weighted by Gasteiger charge is -2.18. The fourth-order valence-electron chi connectivity index (χ4n) is 2.27. The summed E-state index contributed by atoms with van der Waals surface area (Å²) >= 11 is 5.79. The summed E-state index contributed by atoms with van der Waals surface area (Å²) in [6.07, 6.45) is 0.0889. The van der Waals surface area contributed by atoms with Crippen molar-refractivity contribution in [1.29, 1.82) is 0 Å². The van der Waals surface area contributed by atoms with Gasteiger partial charge in [0.05, 0.1) is 6.42 Å². The van der Waals surface area contributed by atoms with E-state index in [-0.39, 0.29) is 18.8 Å². The minimum Gasteiger partial charge on any atom is -0.486 e. The summed E-state index contributed by atoms with van der Waals surface area (Å²) in [6, 6.07) is 11.8. The van der Waals surface area contributed by atoms with Crippen molar-refractivity contribution in [2.24, 2.45) is 0 Å². The smallest absolute Gasteiger partial charge is 0.310 e. The first-order valence-corrected chi connectivity index (χ1v) is 7.82. The Morgan fingerprint density at radius 3 is 2.46 bits per heavy atom. The van der Waals surface area contributed by atoms with Gasteiger partial charge in [-0.15, -0.1) is 0 Å². The van der Waals surface area contributed by atoms with Gasteiger partial charge in [-0.25, -0.2) is 0 Å². The van der Waals surface area contributed by atoms with Crippen LogP contribution < -0.4 is 9.47 Å². The Labute approximate surface area is 144 Å². The molecule has 0 atom stereocenters. The molecule has 0 saturated carbocycles. The Morgan fingerprint density at radius 1 is 1.00 bits per heavy atom. The molecule has 0 aromatic heterocycles. The number of benzene rings is 2. The first kappa shape index (κ1) is 16.3. The van der Waals surface area contributed by atoms with Crippen LogP contribution in [0, 0.1) is 0 Å². The van der Waals surface area contributed by atoms with Crippen LogP contribution in [-0.2, 0) is 16.0 Å². The van der Waals surface area contributed by atoms with Crippen molar-refractivity contribution in [3.05, 3.63) is 58.6 Å². The average Bonchev–Trinajstić information content (AvgIpc) is 2.61. The lowest BCUT2D eigenvalue weighted by atomic mass is 10.1. The number of esters is 1. The predicted molar refractivity (Wildman–Crippen MR) is 87.9 cm³/mol. The minimum atomic E-state index is -0.469. The van der Waals surface area contributed by atoms with Gasteiger partial charge >= 0.3 is 5.97 Å². The van der Waals surface area contributed by atoms with E-state index >= 15 is 0 Å². The molecule has 2 aromatic carbocycles. The number of hydrogen-bond donors (Lipinski definition) is 0. The molecule has 124 valence electrons. The summed E-state index contributed by atoms with van der Waals surface area (Å²) in [6.45, 7) is 0.620. The number of hydrogen-bond acceptors (Lipinski definition) is 5. The van der Waals surface area contributed by atoms with Gasteiger partial charge in [0.2, 0.25) is 0 Å². The number of carbonyl (C=O) groups excluding carboxylic acids is 2. The highest BCUT2D eigenvalue weighted by molar-refractivity contribution is 6.30. The highest BCUT2D eigenvalue weighted by Gasteiger charge is 2.16. The number of ketones is 1. The number of rotatable bonds is 5. The molecule has 0 spiro atoms. The third kappa shape index (κ3) is 4.06. The van der Waals surface area contributed by atoms with Gasteiger partial charge in [-0.2, -0.15) is 0 Å². The molecule has 0 saturated heterocycles. The molecule has 1 aliphatic heterocycles. The molecule has 3 rings (SSSR count). The lowest BCUT2D eigenvalue weighted by molar-refractivity contribution is -0.141. The Kier molecular flexibility index (Phi) is 5.01.